The number of nitrogens with zero attached hydrogens (tertiary/aromatic N) is 3. The third-order valence-electron chi connectivity index (χ3n) is 3.52. The van der Waals surface area contributed by atoms with Crippen LogP contribution < -0.4 is 10.6 Å². The zero-order valence-electron chi connectivity index (χ0n) is 11.5. The molecular formula is C14H24N4. The Balaban J connectivity index is 2.05. The summed E-state index contributed by atoms with van der Waals surface area (Å²) in [4.78, 5) is 9.41. The Kier molecular flexibility index (Phi) is 4.55. The van der Waals surface area contributed by atoms with Crippen LogP contribution in [0.5, 0.6) is 0 Å². The largest absolute Gasteiger partial charge is 0.354 e. The minimum atomic E-state index is 0.0439. The van der Waals surface area contributed by atoms with Crippen molar-refractivity contribution in [1.29, 1.82) is 0 Å². The van der Waals surface area contributed by atoms with Crippen LogP contribution in [0, 0.1) is 0 Å². The van der Waals surface area contributed by atoms with Crippen molar-refractivity contribution in [1.82, 2.24) is 9.88 Å². The number of pyridine rings is 1. The van der Waals surface area contributed by atoms with Crippen molar-refractivity contribution in [2.24, 2.45) is 5.73 Å². The Bertz CT molecular complexity index is 370. The number of aromatic nitrogens is 1. The lowest BCUT2D eigenvalue weighted by molar-refractivity contribution is 0.257. The Labute approximate surface area is 110 Å². The fraction of sp³-hybridized carbons (Fsp3) is 0.643. The summed E-state index contributed by atoms with van der Waals surface area (Å²) in [6, 6.07) is 4.10. The maximum absolute atomic E-state index is 6.02. The fourth-order valence-electron chi connectivity index (χ4n) is 2.53. The van der Waals surface area contributed by atoms with Crippen molar-refractivity contribution >= 4 is 5.82 Å². The molecule has 0 spiro atoms. The smallest absolute Gasteiger partial charge is 0.133 e. The number of hydrogen-bond acceptors (Lipinski definition) is 4. The first-order valence-corrected chi connectivity index (χ1v) is 6.90. The summed E-state index contributed by atoms with van der Waals surface area (Å²) in [5.41, 5.74) is 7.17. The number of rotatable bonds is 4. The van der Waals surface area contributed by atoms with E-state index in [1.165, 1.54) is 13.0 Å². The summed E-state index contributed by atoms with van der Waals surface area (Å²) in [6.07, 6.45) is 3.09. The van der Waals surface area contributed by atoms with E-state index >= 15 is 0 Å². The van der Waals surface area contributed by atoms with E-state index in [-0.39, 0.29) is 6.04 Å². The summed E-state index contributed by atoms with van der Waals surface area (Å²) < 4.78 is 0. The summed E-state index contributed by atoms with van der Waals surface area (Å²) in [5, 5.41) is 0. The van der Waals surface area contributed by atoms with Gasteiger partial charge in [-0.2, -0.15) is 0 Å². The van der Waals surface area contributed by atoms with E-state index in [4.69, 9.17) is 5.73 Å². The van der Waals surface area contributed by atoms with Crippen molar-refractivity contribution in [3.63, 3.8) is 0 Å². The van der Waals surface area contributed by atoms with Crippen molar-refractivity contribution in [2.75, 3.05) is 37.6 Å². The van der Waals surface area contributed by atoms with Crippen LogP contribution >= 0.6 is 0 Å². The van der Waals surface area contributed by atoms with Gasteiger partial charge in [-0.25, -0.2) is 4.98 Å². The van der Waals surface area contributed by atoms with E-state index in [0.717, 1.165) is 37.6 Å². The predicted molar refractivity (Wildman–Crippen MR) is 75.8 cm³/mol. The van der Waals surface area contributed by atoms with Gasteiger partial charge in [-0.15, -0.1) is 0 Å². The van der Waals surface area contributed by atoms with Gasteiger partial charge in [0.2, 0.25) is 0 Å². The summed E-state index contributed by atoms with van der Waals surface area (Å²) in [5.74, 6) is 1.07. The van der Waals surface area contributed by atoms with Gasteiger partial charge >= 0.3 is 0 Å². The first kappa shape index (κ1) is 13.3. The molecule has 1 saturated heterocycles. The first-order chi connectivity index (χ1) is 8.72. The predicted octanol–water partition coefficient (Wildman–Crippen LogP) is 1.63. The van der Waals surface area contributed by atoms with E-state index in [1.807, 2.05) is 19.2 Å². The highest BCUT2D eigenvalue weighted by Crippen LogP contribution is 2.23. The lowest BCUT2D eigenvalue weighted by Gasteiger charge is -2.36. The SMILES string of the molecule is CCCN1CCN(c2ncccc2[C@H](C)N)CC1. The lowest BCUT2D eigenvalue weighted by atomic mass is 10.1. The molecule has 0 amide bonds. The molecule has 0 aliphatic carbocycles. The molecule has 2 N–H and O–H groups in total. The van der Waals surface area contributed by atoms with Gasteiger partial charge in [0, 0.05) is 44.0 Å². The van der Waals surface area contributed by atoms with Gasteiger partial charge < -0.3 is 10.6 Å². The van der Waals surface area contributed by atoms with Gasteiger partial charge in [0.05, 0.1) is 0 Å². The van der Waals surface area contributed by atoms with Crippen molar-refractivity contribution in [3.05, 3.63) is 23.9 Å². The summed E-state index contributed by atoms with van der Waals surface area (Å²) in [7, 11) is 0. The van der Waals surface area contributed by atoms with Crippen molar-refractivity contribution < 1.29 is 0 Å². The van der Waals surface area contributed by atoms with E-state index < -0.39 is 0 Å². The maximum Gasteiger partial charge on any atom is 0.133 e. The van der Waals surface area contributed by atoms with Gasteiger partial charge in [-0.1, -0.05) is 13.0 Å². The molecule has 0 aromatic carbocycles. The van der Waals surface area contributed by atoms with Crippen molar-refractivity contribution in [2.45, 2.75) is 26.3 Å². The van der Waals surface area contributed by atoms with Gasteiger partial charge in [-0.3, -0.25) is 4.90 Å². The topological polar surface area (TPSA) is 45.4 Å². The highest BCUT2D eigenvalue weighted by Gasteiger charge is 2.20. The minimum absolute atomic E-state index is 0.0439. The molecule has 0 saturated carbocycles. The van der Waals surface area contributed by atoms with Crippen LogP contribution in [0.15, 0.2) is 18.3 Å². The summed E-state index contributed by atoms with van der Waals surface area (Å²) >= 11 is 0. The van der Waals surface area contributed by atoms with Gasteiger partial charge in [0.1, 0.15) is 5.82 Å². The van der Waals surface area contributed by atoms with Gasteiger partial charge in [0.25, 0.3) is 0 Å². The Morgan fingerprint density at radius 1 is 1.33 bits per heavy atom. The third kappa shape index (κ3) is 3.00. The van der Waals surface area contributed by atoms with Gasteiger partial charge in [0.15, 0.2) is 0 Å². The van der Waals surface area contributed by atoms with Crippen LogP contribution in [0.25, 0.3) is 0 Å². The molecule has 4 nitrogen and oxygen atoms in total. The molecule has 100 valence electrons. The molecule has 2 heterocycles. The van der Waals surface area contributed by atoms with Gasteiger partial charge in [-0.05, 0) is 26.0 Å². The zero-order chi connectivity index (χ0) is 13.0. The maximum atomic E-state index is 6.02. The number of hydrogen-bond donors (Lipinski definition) is 1. The highest BCUT2D eigenvalue weighted by atomic mass is 15.3. The Hall–Kier alpha value is -1.13. The Morgan fingerprint density at radius 2 is 2.06 bits per heavy atom. The Morgan fingerprint density at radius 3 is 2.67 bits per heavy atom. The molecule has 1 aromatic rings. The average Bonchev–Trinajstić information content (AvgIpc) is 2.40. The van der Waals surface area contributed by atoms with E-state index in [2.05, 4.69) is 27.8 Å². The minimum Gasteiger partial charge on any atom is -0.354 e. The molecule has 0 radical (unpaired) electrons. The number of nitrogens with two attached hydrogens (primary N) is 1. The van der Waals surface area contributed by atoms with E-state index in [0.29, 0.717) is 0 Å². The van der Waals surface area contributed by atoms with Crippen LogP contribution in [0.4, 0.5) is 5.82 Å². The lowest BCUT2D eigenvalue weighted by Crippen LogP contribution is -2.47. The molecule has 2 rings (SSSR count). The fourth-order valence-corrected chi connectivity index (χ4v) is 2.53. The molecule has 0 bridgehead atoms. The first-order valence-electron chi connectivity index (χ1n) is 6.90. The quantitative estimate of drug-likeness (QED) is 0.880. The van der Waals surface area contributed by atoms with Crippen molar-refractivity contribution in [3.8, 4) is 0 Å². The molecule has 1 atom stereocenters. The molecule has 4 heteroatoms. The van der Waals surface area contributed by atoms with Crippen LogP contribution in [-0.2, 0) is 0 Å². The second-order valence-corrected chi connectivity index (χ2v) is 5.03. The average molecular weight is 248 g/mol. The number of anilines is 1. The highest BCUT2D eigenvalue weighted by molar-refractivity contribution is 5.48. The second-order valence-electron chi connectivity index (χ2n) is 5.03. The molecule has 1 aliphatic heterocycles. The van der Waals surface area contributed by atoms with Crippen LogP contribution in [0.2, 0.25) is 0 Å². The van der Waals surface area contributed by atoms with Crippen LogP contribution in [0.3, 0.4) is 0 Å². The molecular weight excluding hydrogens is 224 g/mol. The summed E-state index contributed by atoms with van der Waals surface area (Å²) in [6.45, 7) is 9.82. The zero-order valence-corrected chi connectivity index (χ0v) is 11.5. The molecule has 1 fully saturated rings. The van der Waals surface area contributed by atoms with E-state index in [9.17, 15) is 0 Å². The molecule has 18 heavy (non-hydrogen) atoms. The standard InChI is InChI=1S/C14H24N4/c1-3-7-17-8-10-18(11-9-17)14-13(12(2)15)5-4-6-16-14/h4-6,12H,3,7-11,15H2,1-2H3/t12-/m0/s1. The van der Waals surface area contributed by atoms with Crippen LogP contribution in [0.1, 0.15) is 31.9 Å². The molecule has 0 unspecified atom stereocenters. The van der Waals surface area contributed by atoms with E-state index in [1.54, 1.807) is 0 Å². The molecule has 1 aromatic heterocycles. The normalized spacial score (nSPS) is 18.9. The second kappa shape index (κ2) is 6.16. The monoisotopic (exact) mass is 248 g/mol. The number of piperazine rings is 1. The molecule has 1 aliphatic rings. The third-order valence-corrected chi connectivity index (χ3v) is 3.52. The van der Waals surface area contributed by atoms with Crippen LogP contribution in [-0.4, -0.2) is 42.6 Å².